The first-order valence-electron chi connectivity index (χ1n) is 10.9. The predicted molar refractivity (Wildman–Crippen MR) is 119 cm³/mol. The maximum atomic E-state index is 6.39. The Morgan fingerprint density at radius 1 is 1.06 bits per heavy atom. The summed E-state index contributed by atoms with van der Waals surface area (Å²) in [5.41, 5.74) is 1.91. The Morgan fingerprint density at radius 3 is 2.59 bits per heavy atom. The quantitative estimate of drug-likeness (QED) is 0.600. The molecule has 1 N–H and O–H groups in total. The number of para-hydroxylation sites is 1. The molecule has 0 spiro atoms. The second-order valence-corrected chi connectivity index (χ2v) is 7.75. The lowest BCUT2D eigenvalue weighted by Gasteiger charge is -2.49. The van der Waals surface area contributed by atoms with E-state index in [1.165, 1.54) is 0 Å². The molecule has 2 saturated heterocycles. The summed E-state index contributed by atoms with van der Waals surface area (Å²) >= 11 is 0. The summed E-state index contributed by atoms with van der Waals surface area (Å²) in [4.78, 5) is 0. The molecule has 0 aromatic heterocycles. The number of hydrogen-bond acceptors (Lipinski definition) is 7. The number of hydrogen-bond donors (Lipinski definition) is 1. The third-order valence-electron chi connectivity index (χ3n) is 5.73. The number of methoxy groups -OCH3 is 1. The molecule has 0 saturated carbocycles. The molecule has 6 atom stereocenters. The first kappa shape index (κ1) is 22.9. The Morgan fingerprint density at radius 2 is 1.84 bits per heavy atom. The van der Waals surface area contributed by atoms with Crippen molar-refractivity contribution in [2.75, 3.05) is 27.4 Å². The van der Waals surface area contributed by atoms with Crippen LogP contribution in [0.2, 0.25) is 0 Å². The van der Waals surface area contributed by atoms with E-state index >= 15 is 0 Å². The lowest BCUT2D eigenvalue weighted by molar-refractivity contribution is -0.349. The van der Waals surface area contributed by atoms with Gasteiger partial charge in [0.25, 0.3) is 0 Å². The molecule has 0 radical (unpaired) electrons. The van der Waals surface area contributed by atoms with Gasteiger partial charge in [-0.15, -0.1) is 6.58 Å². The van der Waals surface area contributed by atoms with Crippen molar-refractivity contribution in [1.82, 2.24) is 5.32 Å². The van der Waals surface area contributed by atoms with E-state index in [9.17, 15) is 0 Å². The summed E-state index contributed by atoms with van der Waals surface area (Å²) in [6, 6.07) is 17.4. The second kappa shape index (κ2) is 11.0. The highest BCUT2D eigenvalue weighted by Gasteiger charge is 2.50. The molecule has 2 aliphatic heterocycles. The van der Waals surface area contributed by atoms with Crippen LogP contribution >= 0.6 is 0 Å². The van der Waals surface area contributed by atoms with Crippen molar-refractivity contribution < 1.29 is 28.4 Å². The molecule has 32 heavy (non-hydrogen) atoms. The van der Waals surface area contributed by atoms with E-state index < -0.39 is 12.6 Å². The van der Waals surface area contributed by atoms with Crippen molar-refractivity contribution in [2.45, 2.75) is 43.5 Å². The van der Waals surface area contributed by atoms with Crippen LogP contribution in [0, 0.1) is 0 Å². The second-order valence-electron chi connectivity index (χ2n) is 7.75. The van der Waals surface area contributed by atoms with Gasteiger partial charge in [-0.1, -0.05) is 54.6 Å². The first-order chi connectivity index (χ1) is 15.7. The summed E-state index contributed by atoms with van der Waals surface area (Å²) in [5.74, 6) is 0.713. The number of ether oxygens (including phenoxy) is 6. The number of fused-ring (bicyclic) bond motifs is 1. The monoisotopic (exact) mass is 441 g/mol. The van der Waals surface area contributed by atoms with Crippen molar-refractivity contribution in [3.05, 3.63) is 78.4 Å². The first-order valence-corrected chi connectivity index (χ1v) is 10.9. The zero-order valence-corrected chi connectivity index (χ0v) is 18.5. The van der Waals surface area contributed by atoms with Crippen molar-refractivity contribution in [3.8, 4) is 5.75 Å². The molecule has 7 heteroatoms. The van der Waals surface area contributed by atoms with E-state index in [0.29, 0.717) is 25.6 Å². The van der Waals surface area contributed by atoms with Gasteiger partial charge in [0.15, 0.2) is 12.6 Å². The van der Waals surface area contributed by atoms with Gasteiger partial charge in [0.2, 0.25) is 0 Å². The van der Waals surface area contributed by atoms with Crippen LogP contribution in [-0.4, -0.2) is 58.0 Å². The number of nitrogens with one attached hydrogen (secondary N) is 1. The zero-order chi connectivity index (χ0) is 22.3. The predicted octanol–water partition coefficient (Wildman–Crippen LogP) is 3.21. The molecule has 2 fully saturated rings. The van der Waals surface area contributed by atoms with Crippen molar-refractivity contribution in [2.24, 2.45) is 0 Å². The minimum atomic E-state index is -0.579. The standard InChI is InChI=1S/C25H31NO6/c1-4-14-28-23-21(26-2)25(29-15-17-10-6-5-7-11-17)31-20-16-30-24(32-22(20)23)18-12-8-9-13-19(18)27-3/h4-13,20-26H,1,14-16H2,2-3H3/t20-,21-,22-,23-,24-,25+/m1/s1. The molecule has 7 nitrogen and oxygen atoms in total. The average Bonchev–Trinajstić information content (AvgIpc) is 2.86. The van der Waals surface area contributed by atoms with Gasteiger partial charge in [0.05, 0.1) is 33.0 Å². The molecular weight excluding hydrogens is 410 g/mol. The topological polar surface area (TPSA) is 67.4 Å². The fourth-order valence-corrected chi connectivity index (χ4v) is 4.17. The van der Waals surface area contributed by atoms with E-state index in [1.807, 2.05) is 61.6 Å². The van der Waals surface area contributed by atoms with Gasteiger partial charge in [-0.3, -0.25) is 0 Å². The van der Waals surface area contributed by atoms with Crippen molar-refractivity contribution in [3.63, 3.8) is 0 Å². The molecule has 4 rings (SSSR count). The number of likely N-dealkylation sites (N-methyl/N-ethyl adjacent to an activating group) is 1. The number of rotatable bonds is 9. The van der Waals surface area contributed by atoms with E-state index in [4.69, 9.17) is 28.4 Å². The molecule has 0 amide bonds. The van der Waals surface area contributed by atoms with Gasteiger partial charge >= 0.3 is 0 Å². The summed E-state index contributed by atoms with van der Waals surface area (Å²) in [6.45, 7) is 4.96. The largest absolute Gasteiger partial charge is 0.496 e. The highest BCUT2D eigenvalue weighted by Crippen LogP contribution is 2.38. The number of benzene rings is 2. The molecule has 2 heterocycles. The van der Waals surface area contributed by atoms with Crippen LogP contribution in [0.1, 0.15) is 17.4 Å². The van der Waals surface area contributed by atoms with Gasteiger partial charge in [-0.2, -0.15) is 0 Å². The molecular formula is C25H31NO6. The van der Waals surface area contributed by atoms with Crippen LogP contribution in [0.25, 0.3) is 0 Å². The highest BCUT2D eigenvalue weighted by molar-refractivity contribution is 5.34. The summed E-state index contributed by atoms with van der Waals surface area (Å²) in [6.07, 6.45) is -0.377. The van der Waals surface area contributed by atoms with Gasteiger partial charge in [-0.25, -0.2) is 0 Å². The lowest BCUT2D eigenvalue weighted by atomic mass is 9.95. The Labute approximate surface area is 189 Å². The SMILES string of the molecule is C=CCO[C@@H]1[C@@H](NC)[C@@H](OCc2ccccc2)O[C@@H]2CO[C@@H](c3ccccc3OC)O[C@@H]12. The fourth-order valence-electron chi connectivity index (χ4n) is 4.17. The molecule has 0 aliphatic carbocycles. The minimum absolute atomic E-state index is 0.240. The molecule has 0 unspecified atom stereocenters. The normalized spacial score (nSPS) is 29.8. The Balaban J connectivity index is 1.52. The van der Waals surface area contributed by atoms with Crippen LogP contribution in [0.3, 0.4) is 0 Å². The van der Waals surface area contributed by atoms with Gasteiger partial charge in [0, 0.05) is 5.56 Å². The average molecular weight is 442 g/mol. The van der Waals surface area contributed by atoms with Gasteiger partial charge < -0.3 is 33.7 Å². The Hall–Kier alpha value is -2.26. The minimum Gasteiger partial charge on any atom is -0.496 e. The molecule has 2 aliphatic rings. The van der Waals surface area contributed by atoms with Crippen LogP contribution in [0.5, 0.6) is 5.75 Å². The summed E-state index contributed by atoms with van der Waals surface area (Å²) in [7, 11) is 3.50. The van der Waals surface area contributed by atoms with E-state index in [-0.39, 0.29) is 24.4 Å². The smallest absolute Gasteiger partial charge is 0.188 e. The van der Waals surface area contributed by atoms with E-state index in [0.717, 1.165) is 11.1 Å². The van der Waals surface area contributed by atoms with Gasteiger partial charge in [0.1, 0.15) is 24.1 Å². The Bertz CT molecular complexity index is 863. The molecule has 0 bridgehead atoms. The lowest BCUT2D eigenvalue weighted by Crippen LogP contribution is -2.66. The summed E-state index contributed by atoms with van der Waals surface area (Å²) in [5, 5.41) is 3.30. The molecule has 2 aromatic rings. The van der Waals surface area contributed by atoms with Crippen molar-refractivity contribution in [1.29, 1.82) is 0 Å². The van der Waals surface area contributed by atoms with Crippen molar-refractivity contribution >= 4 is 0 Å². The van der Waals surface area contributed by atoms with Gasteiger partial charge in [-0.05, 0) is 18.7 Å². The molecule has 172 valence electrons. The summed E-state index contributed by atoms with van der Waals surface area (Å²) < 4.78 is 36.5. The maximum absolute atomic E-state index is 6.39. The molecule has 2 aromatic carbocycles. The Kier molecular flexibility index (Phi) is 7.91. The van der Waals surface area contributed by atoms with Crippen LogP contribution in [-0.2, 0) is 30.3 Å². The fraction of sp³-hybridized carbons (Fsp3) is 0.440. The van der Waals surface area contributed by atoms with Crippen LogP contribution in [0.4, 0.5) is 0 Å². The van der Waals surface area contributed by atoms with Crippen LogP contribution < -0.4 is 10.1 Å². The third-order valence-corrected chi connectivity index (χ3v) is 5.73. The van der Waals surface area contributed by atoms with E-state index in [1.54, 1.807) is 13.2 Å². The third kappa shape index (κ3) is 5.04. The maximum Gasteiger partial charge on any atom is 0.188 e. The van der Waals surface area contributed by atoms with Crippen LogP contribution in [0.15, 0.2) is 67.3 Å². The zero-order valence-electron chi connectivity index (χ0n) is 18.5. The van der Waals surface area contributed by atoms with E-state index in [2.05, 4.69) is 11.9 Å². The highest BCUT2D eigenvalue weighted by atomic mass is 16.7.